The lowest BCUT2D eigenvalue weighted by Crippen LogP contribution is -2.35. The number of methoxy groups -OCH3 is 2. The van der Waals surface area contributed by atoms with Crippen LogP contribution < -0.4 is 20.1 Å². The van der Waals surface area contributed by atoms with Gasteiger partial charge in [-0.25, -0.2) is 4.98 Å². The Kier molecular flexibility index (Phi) is 9.16. The Morgan fingerprint density at radius 3 is 2.50 bits per heavy atom. The number of aromatic nitrogens is 2. The van der Waals surface area contributed by atoms with E-state index in [1.165, 1.54) is 14.2 Å². The largest absolute Gasteiger partial charge is 0.493 e. The number of ether oxygens (including phenoxy) is 2. The lowest BCUT2D eigenvalue weighted by Gasteiger charge is -2.13. The second-order valence-corrected chi connectivity index (χ2v) is 8.14. The number of aryl methyl sites for hydroxylation is 1. The fraction of sp³-hybridized carbons (Fsp3) is 0.240. The molecule has 0 spiro atoms. The molecule has 2 N–H and O–H groups in total. The fourth-order valence-electron chi connectivity index (χ4n) is 3.17. The summed E-state index contributed by atoms with van der Waals surface area (Å²) in [4.78, 5) is 31.0. The van der Waals surface area contributed by atoms with Gasteiger partial charge < -0.3 is 24.7 Å². The number of thioether (sulfide) groups is 1. The Labute approximate surface area is 203 Å². The van der Waals surface area contributed by atoms with Gasteiger partial charge in [-0.05, 0) is 54.6 Å². The first kappa shape index (κ1) is 24.9. The summed E-state index contributed by atoms with van der Waals surface area (Å²) in [7, 11) is 3.03. The molecule has 1 heterocycles. The average molecular weight is 481 g/mol. The van der Waals surface area contributed by atoms with Crippen LogP contribution >= 0.6 is 11.8 Å². The van der Waals surface area contributed by atoms with Crippen LogP contribution in [0.2, 0.25) is 0 Å². The molecule has 0 bridgehead atoms. The van der Waals surface area contributed by atoms with Crippen molar-refractivity contribution >= 4 is 29.7 Å². The van der Waals surface area contributed by atoms with E-state index in [2.05, 4.69) is 15.6 Å². The van der Waals surface area contributed by atoms with E-state index in [-0.39, 0.29) is 11.6 Å². The smallest absolute Gasteiger partial charge is 0.267 e. The number of carbonyl (C=O) groups excluding carboxylic acids is 2. The maximum absolute atomic E-state index is 13.0. The third-order valence-electron chi connectivity index (χ3n) is 5.00. The topological polar surface area (TPSA) is 94.5 Å². The third kappa shape index (κ3) is 6.89. The highest BCUT2D eigenvalue weighted by atomic mass is 32.2. The van der Waals surface area contributed by atoms with Crippen molar-refractivity contribution in [1.29, 1.82) is 0 Å². The molecule has 178 valence electrons. The van der Waals surface area contributed by atoms with Crippen LogP contribution in [-0.4, -0.2) is 48.4 Å². The van der Waals surface area contributed by atoms with Crippen LogP contribution in [0.3, 0.4) is 0 Å². The predicted octanol–water partition coefficient (Wildman–Crippen LogP) is 3.60. The molecular formula is C25H28N4O4S. The Bertz CT molecular complexity index is 1130. The molecular weight excluding hydrogens is 452 g/mol. The number of rotatable bonds is 11. The highest BCUT2D eigenvalue weighted by Crippen LogP contribution is 2.27. The van der Waals surface area contributed by atoms with Gasteiger partial charge in [0.05, 0.1) is 20.5 Å². The third-order valence-corrected chi connectivity index (χ3v) is 5.75. The Morgan fingerprint density at radius 2 is 1.85 bits per heavy atom. The standard InChI is InChI=1S/C25H28N4O4S/c1-32-22-10-7-19(16-23(22)33-2)24(30)28-21(15-18-5-8-20(34-3)9-6-18)25(31)27-11-4-13-29-14-12-26-17-29/h5-10,12,14-17H,4,11,13H2,1-3H3,(H,27,31)(H,28,30)/b21-15-. The molecule has 2 amide bonds. The second-order valence-electron chi connectivity index (χ2n) is 7.27. The van der Waals surface area contributed by atoms with Gasteiger partial charge >= 0.3 is 0 Å². The van der Waals surface area contributed by atoms with E-state index >= 15 is 0 Å². The van der Waals surface area contributed by atoms with E-state index in [1.807, 2.05) is 41.3 Å². The molecule has 8 nitrogen and oxygen atoms in total. The minimum atomic E-state index is -0.429. The van der Waals surface area contributed by atoms with Crippen molar-refractivity contribution in [3.63, 3.8) is 0 Å². The molecule has 0 aliphatic heterocycles. The maximum atomic E-state index is 13.0. The van der Waals surface area contributed by atoms with Gasteiger partial charge in [0.25, 0.3) is 11.8 Å². The number of imidazole rings is 1. The molecule has 0 atom stereocenters. The number of benzene rings is 2. The molecule has 0 unspecified atom stereocenters. The van der Waals surface area contributed by atoms with Crippen LogP contribution in [0.5, 0.6) is 11.5 Å². The molecule has 0 fully saturated rings. The Hall–Kier alpha value is -3.72. The van der Waals surface area contributed by atoms with Gasteiger partial charge in [-0.3, -0.25) is 9.59 Å². The number of carbonyl (C=O) groups is 2. The number of nitrogens with one attached hydrogen (secondary N) is 2. The van der Waals surface area contributed by atoms with Crippen LogP contribution in [-0.2, 0) is 11.3 Å². The molecule has 0 radical (unpaired) electrons. The van der Waals surface area contributed by atoms with E-state index in [9.17, 15) is 9.59 Å². The lowest BCUT2D eigenvalue weighted by molar-refractivity contribution is -0.117. The molecule has 34 heavy (non-hydrogen) atoms. The minimum absolute atomic E-state index is 0.152. The van der Waals surface area contributed by atoms with Crippen LogP contribution in [0.25, 0.3) is 6.08 Å². The first-order valence-electron chi connectivity index (χ1n) is 10.7. The SMILES string of the molecule is COc1ccc(C(=O)N/C(=C\c2ccc(SC)cc2)C(=O)NCCCn2ccnc2)cc1OC. The van der Waals surface area contributed by atoms with Crippen molar-refractivity contribution in [2.24, 2.45) is 0 Å². The predicted molar refractivity (Wildman–Crippen MR) is 133 cm³/mol. The summed E-state index contributed by atoms with van der Waals surface area (Å²) in [5, 5.41) is 5.63. The zero-order chi connectivity index (χ0) is 24.3. The summed E-state index contributed by atoms with van der Waals surface area (Å²) >= 11 is 1.63. The number of nitrogens with zero attached hydrogens (tertiary/aromatic N) is 2. The van der Waals surface area contributed by atoms with E-state index < -0.39 is 5.91 Å². The summed E-state index contributed by atoms with van der Waals surface area (Å²) in [5.74, 6) is 0.145. The van der Waals surface area contributed by atoms with Crippen LogP contribution in [0.1, 0.15) is 22.3 Å². The molecule has 3 aromatic rings. The lowest BCUT2D eigenvalue weighted by atomic mass is 10.1. The maximum Gasteiger partial charge on any atom is 0.267 e. The number of hydrogen-bond donors (Lipinski definition) is 2. The Morgan fingerprint density at radius 1 is 1.09 bits per heavy atom. The second kappa shape index (κ2) is 12.5. The van der Waals surface area contributed by atoms with Gasteiger partial charge in [-0.1, -0.05) is 12.1 Å². The van der Waals surface area contributed by atoms with Crippen LogP contribution in [0.15, 0.2) is 71.8 Å². The van der Waals surface area contributed by atoms with Gasteiger partial charge in [-0.15, -0.1) is 11.8 Å². The van der Waals surface area contributed by atoms with E-state index in [0.717, 1.165) is 23.4 Å². The van der Waals surface area contributed by atoms with Crippen molar-refractivity contribution in [1.82, 2.24) is 20.2 Å². The molecule has 2 aromatic carbocycles. The minimum Gasteiger partial charge on any atom is -0.493 e. The molecule has 0 aliphatic carbocycles. The number of hydrogen-bond acceptors (Lipinski definition) is 6. The fourth-order valence-corrected chi connectivity index (χ4v) is 3.58. The summed E-state index contributed by atoms with van der Waals surface area (Å²) < 4.78 is 12.5. The molecule has 1 aromatic heterocycles. The van der Waals surface area contributed by atoms with Gasteiger partial charge in [0.1, 0.15) is 5.70 Å². The van der Waals surface area contributed by atoms with Crippen LogP contribution in [0.4, 0.5) is 0 Å². The summed E-state index contributed by atoms with van der Waals surface area (Å²) in [6.07, 6.45) is 9.70. The van der Waals surface area contributed by atoms with E-state index in [0.29, 0.717) is 23.6 Å². The van der Waals surface area contributed by atoms with Crippen molar-refractivity contribution in [2.75, 3.05) is 27.0 Å². The highest BCUT2D eigenvalue weighted by Gasteiger charge is 2.16. The Balaban J connectivity index is 1.75. The normalized spacial score (nSPS) is 11.1. The molecule has 3 rings (SSSR count). The van der Waals surface area contributed by atoms with Gasteiger partial charge in [0.2, 0.25) is 0 Å². The van der Waals surface area contributed by atoms with Crippen molar-refractivity contribution < 1.29 is 19.1 Å². The zero-order valence-electron chi connectivity index (χ0n) is 19.4. The monoisotopic (exact) mass is 480 g/mol. The summed E-state index contributed by atoms with van der Waals surface area (Å²) in [6.45, 7) is 1.18. The average Bonchev–Trinajstić information content (AvgIpc) is 3.39. The van der Waals surface area contributed by atoms with E-state index in [4.69, 9.17) is 9.47 Å². The van der Waals surface area contributed by atoms with Crippen molar-refractivity contribution in [2.45, 2.75) is 17.9 Å². The number of amides is 2. The molecule has 0 saturated carbocycles. The van der Waals surface area contributed by atoms with Crippen molar-refractivity contribution in [3.8, 4) is 11.5 Å². The highest BCUT2D eigenvalue weighted by molar-refractivity contribution is 7.98. The molecule has 0 aliphatic rings. The van der Waals surface area contributed by atoms with Crippen molar-refractivity contribution in [3.05, 3.63) is 78.0 Å². The quantitative estimate of drug-likeness (QED) is 0.247. The summed E-state index contributed by atoms with van der Waals surface area (Å²) in [6, 6.07) is 12.6. The summed E-state index contributed by atoms with van der Waals surface area (Å²) in [5.41, 5.74) is 1.29. The first-order valence-corrected chi connectivity index (χ1v) is 11.9. The van der Waals surface area contributed by atoms with Gasteiger partial charge in [0.15, 0.2) is 11.5 Å². The zero-order valence-corrected chi connectivity index (χ0v) is 20.2. The van der Waals surface area contributed by atoms with E-state index in [1.54, 1.807) is 48.6 Å². The van der Waals surface area contributed by atoms with Gasteiger partial charge in [-0.2, -0.15) is 0 Å². The first-order chi connectivity index (χ1) is 16.5. The van der Waals surface area contributed by atoms with Crippen LogP contribution in [0, 0.1) is 0 Å². The molecule has 0 saturated heterocycles. The molecule has 9 heteroatoms. The van der Waals surface area contributed by atoms with Gasteiger partial charge in [0, 0.05) is 35.9 Å².